The summed E-state index contributed by atoms with van der Waals surface area (Å²) in [6.07, 6.45) is 1.72. The molecule has 1 fully saturated rings. The normalized spacial score (nSPS) is 17.4. The number of hydrogen-bond donors (Lipinski definition) is 3. The average Bonchev–Trinajstić information content (AvgIpc) is 3.38. The SMILES string of the molecule is CCOc1cccc(/C(O)=C2\C(=O)C(=O)N(c3ccccc3O)C2c2c[nH]c3ccccc23)c1. The lowest BCUT2D eigenvalue weighted by atomic mass is 9.94. The van der Waals surface area contributed by atoms with Crippen molar-refractivity contribution in [3.63, 3.8) is 0 Å². The number of aliphatic hydroxyl groups excluding tert-OH is 1. The fourth-order valence-electron chi connectivity index (χ4n) is 4.42. The lowest BCUT2D eigenvalue weighted by Crippen LogP contribution is -2.29. The lowest BCUT2D eigenvalue weighted by molar-refractivity contribution is -0.132. The smallest absolute Gasteiger partial charge is 0.300 e. The van der Waals surface area contributed by atoms with Crippen molar-refractivity contribution in [3.8, 4) is 11.5 Å². The standard InChI is InChI=1S/C27H22N2O5/c1-2-34-17-9-7-8-16(14-17)25(31)23-24(19-15-28-20-11-4-3-10-18(19)20)29(27(33)26(23)32)21-12-5-6-13-22(21)30/h3-15,24,28,30-31H,2H2,1H3/b25-23+. The molecule has 5 rings (SSSR count). The second-order valence-corrected chi connectivity index (χ2v) is 7.91. The van der Waals surface area contributed by atoms with Crippen LogP contribution in [0, 0.1) is 0 Å². The van der Waals surface area contributed by atoms with Crippen molar-refractivity contribution in [1.82, 2.24) is 4.98 Å². The van der Waals surface area contributed by atoms with Crippen LogP contribution in [0.15, 0.2) is 84.6 Å². The Hall–Kier alpha value is -4.52. The molecule has 7 nitrogen and oxygen atoms in total. The number of rotatable bonds is 5. The van der Waals surface area contributed by atoms with E-state index in [9.17, 15) is 19.8 Å². The number of H-pyrrole nitrogens is 1. The number of hydrogen-bond acceptors (Lipinski definition) is 5. The highest BCUT2D eigenvalue weighted by Crippen LogP contribution is 2.46. The van der Waals surface area contributed by atoms with Gasteiger partial charge in [-0.25, -0.2) is 0 Å². The quantitative estimate of drug-likeness (QED) is 0.226. The number of phenolic OH excluding ortho intramolecular Hbond substituents is 1. The highest BCUT2D eigenvalue weighted by Gasteiger charge is 2.48. The molecule has 3 N–H and O–H groups in total. The summed E-state index contributed by atoms with van der Waals surface area (Å²) < 4.78 is 5.54. The molecule has 1 aliphatic heterocycles. The molecule has 1 atom stereocenters. The zero-order chi connectivity index (χ0) is 23.8. The Morgan fingerprint density at radius 1 is 1.03 bits per heavy atom. The molecular formula is C27H22N2O5. The topological polar surface area (TPSA) is 103 Å². The molecular weight excluding hydrogens is 432 g/mol. The minimum atomic E-state index is -0.958. The number of nitrogens with zero attached hydrogens (tertiary/aromatic N) is 1. The van der Waals surface area contributed by atoms with E-state index in [0.717, 1.165) is 10.9 Å². The maximum atomic E-state index is 13.3. The summed E-state index contributed by atoms with van der Waals surface area (Å²) in [7, 11) is 0. The number of anilines is 1. The largest absolute Gasteiger partial charge is 0.507 e. The number of nitrogens with one attached hydrogen (secondary N) is 1. The van der Waals surface area contributed by atoms with Crippen molar-refractivity contribution in [3.05, 3.63) is 95.7 Å². The van der Waals surface area contributed by atoms with Gasteiger partial charge in [-0.1, -0.05) is 42.5 Å². The molecule has 7 heteroatoms. The number of ketones is 1. The Labute approximate surface area is 195 Å². The molecule has 3 aromatic carbocycles. The zero-order valence-electron chi connectivity index (χ0n) is 18.4. The molecule has 2 heterocycles. The van der Waals surface area contributed by atoms with Gasteiger partial charge in [-0.05, 0) is 37.3 Å². The number of carbonyl (C=O) groups excluding carboxylic acids is 2. The Balaban J connectivity index is 1.77. The van der Waals surface area contributed by atoms with Crippen molar-refractivity contribution >= 4 is 34.0 Å². The Kier molecular flexibility index (Phi) is 5.30. The van der Waals surface area contributed by atoms with Gasteiger partial charge in [-0.3, -0.25) is 14.5 Å². The molecule has 1 saturated heterocycles. The first kappa shape index (κ1) is 21.3. The zero-order valence-corrected chi connectivity index (χ0v) is 18.4. The molecule has 0 spiro atoms. The number of benzene rings is 3. The van der Waals surface area contributed by atoms with E-state index in [4.69, 9.17) is 4.74 Å². The predicted octanol–water partition coefficient (Wildman–Crippen LogP) is 4.90. The molecule has 34 heavy (non-hydrogen) atoms. The van der Waals surface area contributed by atoms with E-state index in [-0.39, 0.29) is 22.8 Å². The van der Waals surface area contributed by atoms with E-state index in [2.05, 4.69) is 4.98 Å². The van der Waals surface area contributed by atoms with Gasteiger partial charge in [0.05, 0.1) is 23.9 Å². The second-order valence-electron chi connectivity index (χ2n) is 7.91. The van der Waals surface area contributed by atoms with E-state index in [0.29, 0.717) is 23.5 Å². The molecule has 0 radical (unpaired) electrons. The Morgan fingerprint density at radius 2 is 1.79 bits per heavy atom. The van der Waals surface area contributed by atoms with Crippen LogP contribution in [0.4, 0.5) is 5.69 Å². The number of para-hydroxylation sites is 3. The van der Waals surface area contributed by atoms with Crippen LogP contribution in [-0.4, -0.2) is 33.5 Å². The Bertz CT molecular complexity index is 1450. The summed E-state index contributed by atoms with van der Waals surface area (Å²) in [6.45, 7) is 2.29. The monoisotopic (exact) mass is 454 g/mol. The van der Waals surface area contributed by atoms with Crippen LogP contribution < -0.4 is 9.64 Å². The molecule has 0 aliphatic carbocycles. The molecule has 0 bridgehead atoms. The van der Waals surface area contributed by atoms with Gasteiger partial charge >= 0.3 is 0 Å². The van der Waals surface area contributed by atoms with Gasteiger partial charge in [0.25, 0.3) is 11.7 Å². The van der Waals surface area contributed by atoms with Gasteiger partial charge in [-0.15, -0.1) is 0 Å². The van der Waals surface area contributed by atoms with Gasteiger partial charge in [-0.2, -0.15) is 0 Å². The van der Waals surface area contributed by atoms with Crippen LogP contribution in [-0.2, 0) is 9.59 Å². The number of fused-ring (bicyclic) bond motifs is 1. The molecule has 1 amide bonds. The number of aromatic nitrogens is 1. The summed E-state index contributed by atoms with van der Waals surface area (Å²) in [5, 5.41) is 22.7. The number of aromatic hydroxyl groups is 1. The van der Waals surface area contributed by atoms with E-state index in [1.54, 1.807) is 48.7 Å². The summed E-state index contributed by atoms with van der Waals surface area (Å²) >= 11 is 0. The van der Waals surface area contributed by atoms with Crippen LogP contribution in [0.5, 0.6) is 11.5 Å². The first-order valence-corrected chi connectivity index (χ1v) is 10.9. The lowest BCUT2D eigenvalue weighted by Gasteiger charge is -2.25. The number of aromatic amines is 1. The van der Waals surface area contributed by atoms with Gasteiger partial charge in [0, 0.05) is 28.2 Å². The number of phenols is 1. The van der Waals surface area contributed by atoms with Crippen molar-refractivity contribution in [2.75, 3.05) is 11.5 Å². The van der Waals surface area contributed by atoms with Gasteiger partial charge in [0.15, 0.2) is 0 Å². The minimum Gasteiger partial charge on any atom is -0.507 e. The average molecular weight is 454 g/mol. The number of ether oxygens (including phenoxy) is 1. The van der Waals surface area contributed by atoms with Gasteiger partial charge < -0.3 is 19.9 Å². The molecule has 4 aromatic rings. The minimum absolute atomic E-state index is 0.0633. The van der Waals surface area contributed by atoms with E-state index in [1.165, 1.54) is 11.0 Å². The first-order valence-electron chi connectivity index (χ1n) is 10.9. The van der Waals surface area contributed by atoms with Gasteiger partial charge in [0.2, 0.25) is 0 Å². The fourth-order valence-corrected chi connectivity index (χ4v) is 4.42. The third-order valence-corrected chi connectivity index (χ3v) is 5.92. The summed E-state index contributed by atoms with van der Waals surface area (Å²) in [4.78, 5) is 31.0. The van der Waals surface area contributed by atoms with Crippen molar-refractivity contribution < 1.29 is 24.5 Å². The maximum absolute atomic E-state index is 13.3. The fraction of sp³-hybridized carbons (Fsp3) is 0.111. The van der Waals surface area contributed by atoms with E-state index in [1.807, 2.05) is 31.2 Å². The molecule has 0 saturated carbocycles. The highest BCUT2D eigenvalue weighted by molar-refractivity contribution is 6.52. The van der Waals surface area contributed by atoms with Crippen molar-refractivity contribution in [1.29, 1.82) is 0 Å². The Morgan fingerprint density at radius 3 is 2.59 bits per heavy atom. The third kappa shape index (κ3) is 3.38. The third-order valence-electron chi connectivity index (χ3n) is 5.92. The van der Waals surface area contributed by atoms with Crippen LogP contribution in [0.2, 0.25) is 0 Å². The second kappa shape index (κ2) is 8.44. The number of aliphatic hydroxyl groups is 1. The number of amides is 1. The molecule has 1 aromatic heterocycles. The number of carbonyl (C=O) groups is 2. The predicted molar refractivity (Wildman–Crippen MR) is 129 cm³/mol. The molecule has 1 aliphatic rings. The summed E-state index contributed by atoms with van der Waals surface area (Å²) in [5.41, 5.74) is 1.92. The van der Waals surface area contributed by atoms with Crippen LogP contribution in [0.1, 0.15) is 24.1 Å². The van der Waals surface area contributed by atoms with Gasteiger partial charge in [0.1, 0.15) is 17.3 Å². The van der Waals surface area contributed by atoms with Crippen LogP contribution in [0.25, 0.3) is 16.7 Å². The van der Waals surface area contributed by atoms with E-state index >= 15 is 0 Å². The molecule has 170 valence electrons. The van der Waals surface area contributed by atoms with Crippen LogP contribution in [0.3, 0.4) is 0 Å². The van der Waals surface area contributed by atoms with E-state index < -0.39 is 17.7 Å². The summed E-state index contributed by atoms with van der Waals surface area (Å²) in [6, 6.07) is 19.6. The van der Waals surface area contributed by atoms with Crippen molar-refractivity contribution in [2.24, 2.45) is 0 Å². The highest BCUT2D eigenvalue weighted by atomic mass is 16.5. The maximum Gasteiger partial charge on any atom is 0.300 e. The first-order chi connectivity index (χ1) is 16.5. The van der Waals surface area contributed by atoms with Crippen LogP contribution >= 0.6 is 0 Å². The molecule has 1 unspecified atom stereocenters. The summed E-state index contributed by atoms with van der Waals surface area (Å²) in [5.74, 6) is -1.59. The van der Waals surface area contributed by atoms with Crippen molar-refractivity contribution in [2.45, 2.75) is 13.0 Å². The number of Topliss-reactive ketones (excluding diaryl/α,β-unsaturated/α-hetero) is 1.